The summed E-state index contributed by atoms with van der Waals surface area (Å²) in [6.45, 7) is 4.26. The lowest BCUT2D eigenvalue weighted by molar-refractivity contribution is -0.128. The van der Waals surface area contributed by atoms with Gasteiger partial charge in [-0.2, -0.15) is 0 Å². The quantitative estimate of drug-likeness (QED) is 0.885. The van der Waals surface area contributed by atoms with E-state index in [1.165, 1.54) is 12.1 Å². The van der Waals surface area contributed by atoms with E-state index in [9.17, 15) is 9.18 Å². The highest BCUT2D eigenvalue weighted by molar-refractivity contribution is 5.81. The normalized spacial score (nSPS) is 11.8. The number of hydrogen-bond donors (Lipinski definition) is 1. The lowest BCUT2D eigenvalue weighted by Crippen LogP contribution is -2.37. The van der Waals surface area contributed by atoms with Gasteiger partial charge in [-0.1, -0.05) is 43.3 Å². The maximum atomic E-state index is 13.6. The van der Waals surface area contributed by atoms with E-state index in [2.05, 4.69) is 5.32 Å². The van der Waals surface area contributed by atoms with Crippen LogP contribution in [-0.4, -0.2) is 12.0 Å². The average Bonchev–Trinajstić information content (AvgIpc) is 2.53. The van der Waals surface area contributed by atoms with Gasteiger partial charge in [-0.15, -0.1) is 0 Å². The smallest absolute Gasteiger partial charge is 0.261 e. The second kappa shape index (κ2) is 7.59. The zero-order valence-corrected chi connectivity index (χ0v) is 12.8. The molecule has 0 aromatic heterocycles. The molecule has 1 atom stereocenters. The molecule has 2 aromatic rings. The summed E-state index contributed by atoms with van der Waals surface area (Å²) in [5.74, 6) is -0.609. The van der Waals surface area contributed by atoms with E-state index in [0.29, 0.717) is 13.0 Å². The summed E-state index contributed by atoms with van der Waals surface area (Å²) in [6.07, 6.45) is -0.241. The van der Waals surface area contributed by atoms with Crippen molar-refractivity contribution in [2.75, 3.05) is 0 Å². The number of hydrogen-bond acceptors (Lipinski definition) is 2. The molecule has 1 N–H and O–H groups in total. The first-order valence-electron chi connectivity index (χ1n) is 7.35. The van der Waals surface area contributed by atoms with Crippen LogP contribution in [0.15, 0.2) is 48.5 Å². The molecule has 116 valence electrons. The Bertz CT molecular complexity index is 642. The zero-order chi connectivity index (χ0) is 15.9. The molecule has 0 aliphatic rings. The van der Waals surface area contributed by atoms with E-state index in [1.807, 2.05) is 38.1 Å². The summed E-state index contributed by atoms with van der Waals surface area (Å²) < 4.78 is 19.1. The van der Waals surface area contributed by atoms with E-state index in [0.717, 1.165) is 11.1 Å². The molecule has 0 radical (unpaired) electrons. The summed E-state index contributed by atoms with van der Waals surface area (Å²) in [5, 5.41) is 2.84. The topological polar surface area (TPSA) is 38.3 Å². The number of para-hydroxylation sites is 1. The van der Waals surface area contributed by atoms with E-state index < -0.39 is 11.9 Å². The van der Waals surface area contributed by atoms with E-state index in [1.54, 1.807) is 12.1 Å². The molecule has 1 amide bonds. The molecule has 0 aliphatic carbocycles. The molecule has 0 saturated carbocycles. The number of nitrogens with one attached hydrogen (secondary N) is 1. The van der Waals surface area contributed by atoms with Crippen LogP contribution in [0.4, 0.5) is 4.39 Å². The molecule has 0 fully saturated rings. The first kappa shape index (κ1) is 16.0. The standard InChI is InChI=1S/C18H20FNO2/c1-3-16(22-17-11-7-6-10-15(17)19)18(21)20-12-14-9-5-4-8-13(14)2/h4-11,16H,3,12H2,1-2H3,(H,20,21). The lowest BCUT2D eigenvalue weighted by Gasteiger charge is -2.18. The molecule has 2 aromatic carbocycles. The molecule has 1 unspecified atom stereocenters. The third-order valence-corrected chi connectivity index (χ3v) is 3.48. The number of ether oxygens (including phenoxy) is 1. The minimum Gasteiger partial charge on any atom is -0.478 e. The van der Waals surface area contributed by atoms with Crippen molar-refractivity contribution in [3.63, 3.8) is 0 Å². The molecule has 4 heteroatoms. The van der Waals surface area contributed by atoms with Crippen LogP contribution >= 0.6 is 0 Å². The van der Waals surface area contributed by atoms with Crippen molar-refractivity contribution in [3.8, 4) is 5.75 Å². The molecular formula is C18H20FNO2. The second-order valence-electron chi connectivity index (χ2n) is 5.09. The van der Waals surface area contributed by atoms with Crippen molar-refractivity contribution in [1.82, 2.24) is 5.32 Å². The zero-order valence-electron chi connectivity index (χ0n) is 12.8. The Hall–Kier alpha value is -2.36. The summed E-state index contributed by atoms with van der Waals surface area (Å²) in [5.41, 5.74) is 2.17. The number of carbonyl (C=O) groups is 1. The Balaban J connectivity index is 1.98. The third-order valence-electron chi connectivity index (χ3n) is 3.48. The Morgan fingerprint density at radius 3 is 2.55 bits per heavy atom. The van der Waals surface area contributed by atoms with Gasteiger partial charge in [0.1, 0.15) is 0 Å². The summed E-state index contributed by atoms with van der Waals surface area (Å²) in [4.78, 5) is 12.2. The van der Waals surface area contributed by atoms with E-state index >= 15 is 0 Å². The number of aryl methyl sites for hydroxylation is 1. The number of benzene rings is 2. The molecule has 0 aliphatic heterocycles. The van der Waals surface area contributed by atoms with Crippen LogP contribution in [0.25, 0.3) is 0 Å². The van der Waals surface area contributed by atoms with Crippen LogP contribution in [0.2, 0.25) is 0 Å². The van der Waals surface area contributed by atoms with Crippen molar-refractivity contribution >= 4 is 5.91 Å². The molecule has 0 bridgehead atoms. The lowest BCUT2D eigenvalue weighted by atomic mass is 10.1. The number of carbonyl (C=O) groups excluding carboxylic acids is 1. The van der Waals surface area contributed by atoms with Crippen LogP contribution in [0.3, 0.4) is 0 Å². The Kier molecular flexibility index (Phi) is 5.53. The molecule has 0 heterocycles. The van der Waals surface area contributed by atoms with Crippen LogP contribution in [-0.2, 0) is 11.3 Å². The fourth-order valence-electron chi connectivity index (χ4n) is 2.12. The Morgan fingerprint density at radius 2 is 1.86 bits per heavy atom. The van der Waals surface area contributed by atoms with E-state index in [4.69, 9.17) is 4.74 Å². The average molecular weight is 301 g/mol. The SMILES string of the molecule is CCC(Oc1ccccc1F)C(=O)NCc1ccccc1C. The number of amides is 1. The first-order valence-corrected chi connectivity index (χ1v) is 7.35. The van der Waals surface area contributed by atoms with Gasteiger partial charge in [0.25, 0.3) is 5.91 Å². The van der Waals surface area contributed by atoms with Crippen molar-refractivity contribution < 1.29 is 13.9 Å². The van der Waals surface area contributed by atoms with E-state index in [-0.39, 0.29) is 11.7 Å². The minimum atomic E-state index is -0.707. The molecule has 2 rings (SSSR count). The van der Waals surface area contributed by atoms with Crippen LogP contribution < -0.4 is 10.1 Å². The largest absolute Gasteiger partial charge is 0.478 e. The van der Waals surface area contributed by atoms with Crippen molar-refractivity contribution in [2.24, 2.45) is 0 Å². The number of rotatable bonds is 6. The second-order valence-corrected chi connectivity index (χ2v) is 5.09. The van der Waals surface area contributed by atoms with Gasteiger partial charge in [-0.05, 0) is 36.6 Å². The van der Waals surface area contributed by atoms with Crippen molar-refractivity contribution in [2.45, 2.75) is 32.9 Å². The maximum Gasteiger partial charge on any atom is 0.261 e. The van der Waals surface area contributed by atoms with Crippen LogP contribution in [0, 0.1) is 12.7 Å². The molecule has 0 spiro atoms. The fraction of sp³-hybridized carbons (Fsp3) is 0.278. The Labute approximate surface area is 130 Å². The first-order chi connectivity index (χ1) is 10.6. The van der Waals surface area contributed by atoms with Gasteiger partial charge in [-0.3, -0.25) is 4.79 Å². The van der Waals surface area contributed by atoms with Crippen LogP contribution in [0.5, 0.6) is 5.75 Å². The van der Waals surface area contributed by atoms with Crippen molar-refractivity contribution in [1.29, 1.82) is 0 Å². The van der Waals surface area contributed by atoms with Gasteiger partial charge < -0.3 is 10.1 Å². The summed E-state index contributed by atoms with van der Waals surface area (Å²) in [7, 11) is 0. The Morgan fingerprint density at radius 1 is 1.18 bits per heavy atom. The molecule has 22 heavy (non-hydrogen) atoms. The highest BCUT2D eigenvalue weighted by Crippen LogP contribution is 2.18. The van der Waals surface area contributed by atoms with Crippen LogP contribution in [0.1, 0.15) is 24.5 Å². The number of halogens is 1. The highest BCUT2D eigenvalue weighted by atomic mass is 19.1. The predicted octanol–water partition coefficient (Wildman–Crippen LogP) is 3.61. The fourth-order valence-corrected chi connectivity index (χ4v) is 2.12. The summed E-state index contributed by atoms with van der Waals surface area (Å²) in [6, 6.07) is 13.9. The monoisotopic (exact) mass is 301 g/mol. The van der Waals surface area contributed by atoms with Gasteiger partial charge in [0.2, 0.25) is 0 Å². The molecule has 3 nitrogen and oxygen atoms in total. The minimum absolute atomic E-state index is 0.0976. The third kappa shape index (κ3) is 4.07. The predicted molar refractivity (Wildman–Crippen MR) is 84.1 cm³/mol. The van der Waals surface area contributed by atoms with Gasteiger partial charge in [-0.25, -0.2) is 4.39 Å². The van der Waals surface area contributed by atoms with Gasteiger partial charge in [0.05, 0.1) is 0 Å². The highest BCUT2D eigenvalue weighted by Gasteiger charge is 2.19. The maximum absolute atomic E-state index is 13.6. The molecule has 0 saturated heterocycles. The van der Waals surface area contributed by atoms with Crippen molar-refractivity contribution in [3.05, 3.63) is 65.5 Å². The van der Waals surface area contributed by atoms with Gasteiger partial charge in [0, 0.05) is 6.54 Å². The summed E-state index contributed by atoms with van der Waals surface area (Å²) >= 11 is 0. The van der Waals surface area contributed by atoms with Gasteiger partial charge in [0.15, 0.2) is 17.7 Å². The molecular weight excluding hydrogens is 281 g/mol. The van der Waals surface area contributed by atoms with Gasteiger partial charge >= 0.3 is 0 Å².